The third kappa shape index (κ3) is 14.6. The minimum Gasteiger partial charge on any atom is -0.553 e. The Morgan fingerprint density at radius 2 is 1.00 bits per heavy atom. The molecule has 0 bridgehead atoms. The van der Waals surface area contributed by atoms with Crippen LogP contribution in [0.4, 0.5) is 4.79 Å². The van der Waals surface area contributed by atoms with Gasteiger partial charge in [0, 0.05) is 14.4 Å². The van der Waals surface area contributed by atoms with E-state index in [0.717, 1.165) is 7.11 Å². The molecule has 0 aromatic rings. The average molecular weight is 334 g/mol. The van der Waals surface area contributed by atoms with Crippen LogP contribution >= 0.6 is 7.26 Å². The van der Waals surface area contributed by atoms with Gasteiger partial charge in [0.15, 0.2) is 0 Å². The van der Waals surface area contributed by atoms with Crippen LogP contribution in [0, 0.1) is 0 Å². The van der Waals surface area contributed by atoms with Crippen LogP contribution in [0.3, 0.4) is 0 Å². The summed E-state index contributed by atoms with van der Waals surface area (Å²) in [6, 6.07) is 0. The Morgan fingerprint density at radius 1 is 0.773 bits per heavy atom. The van der Waals surface area contributed by atoms with Crippen molar-refractivity contribution in [2.24, 2.45) is 0 Å². The molecular formula is C18H39O3P. The number of methoxy groups -OCH3 is 1. The lowest BCUT2D eigenvalue weighted by atomic mass is 10.4. The Hall–Kier alpha value is -0.300. The molecule has 0 aromatic heterocycles. The molecule has 0 unspecified atom stereocenters. The molecule has 0 fully saturated rings. The highest BCUT2D eigenvalue weighted by Gasteiger charge is 2.34. The van der Waals surface area contributed by atoms with Gasteiger partial charge in [0.25, 0.3) is 6.16 Å². The molecule has 0 saturated heterocycles. The van der Waals surface area contributed by atoms with E-state index in [1.54, 1.807) is 24.6 Å². The standard InChI is InChI=1S/C16H36P.C2H4O3/c1-5-9-13-17(14-10-6-2,15-11-7-3)16-12-8-4;1-5-2(3)4/h5-16H2,1-4H3;1H3,(H,3,4)/q+1;/p-1. The SMILES string of the molecule is CCCC[P+](CCCC)(CCCC)CCCC.COC(=O)[O-]. The normalized spacial score (nSPS) is 10.8. The van der Waals surface area contributed by atoms with Crippen LogP contribution < -0.4 is 5.11 Å². The third-order valence-corrected chi connectivity index (χ3v) is 9.17. The molecule has 0 aromatic carbocycles. The van der Waals surface area contributed by atoms with Gasteiger partial charge in [0.05, 0.1) is 24.6 Å². The summed E-state index contributed by atoms with van der Waals surface area (Å²) >= 11 is 0. The van der Waals surface area contributed by atoms with Gasteiger partial charge < -0.3 is 14.6 Å². The van der Waals surface area contributed by atoms with Crippen molar-refractivity contribution in [1.82, 2.24) is 0 Å². The van der Waals surface area contributed by atoms with Gasteiger partial charge in [-0.1, -0.05) is 53.4 Å². The zero-order valence-corrected chi connectivity index (χ0v) is 16.6. The Labute approximate surface area is 139 Å². The maximum Gasteiger partial charge on any atom is 0.251 e. The second kappa shape index (κ2) is 17.1. The van der Waals surface area contributed by atoms with Crippen molar-refractivity contribution in [2.45, 2.75) is 79.1 Å². The Bertz CT molecular complexity index is 207. The second-order valence-corrected chi connectivity index (χ2v) is 10.6. The van der Waals surface area contributed by atoms with Crippen LogP contribution in [-0.2, 0) is 4.74 Å². The molecule has 0 amide bonds. The van der Waals surface area contributed by atoms with E-state index in [-0.39, 0.29) is 0 Å². The summed E-state index contributed by atoms with van der Waals surface area (Å²) in [6.45, 7) is 9.42. The van der Waals surface area contributed by atoms with E-state index in [0.29, 0.717) is 0 Å². The fourth-order valence-electron chi connectivity index (χ4n) is 2.64. The van der Waals surface area contributed by atoms with Crippen LogP contribution in [0.2, 0.25) is 0 Å². The van der Waals surface area contributed by atoms with E-state index in [4.69, 9.17) is 9.90 Å². The lowest BCUT2D eigenvalue weighted by Crippen LogP contribution is -2.21. The minimum absolute atomic E-state index is 0.562. The summed E-state index contributed by atoms with van der Waals surface area (Å²) in [5.74, 6) is 0. The van der Waals surface area contributed by atoms with E-state index >= 15 is 0 Å². The summed E-state index contributed by atoms with van der Waals surface area (Å²) in [5.41, 5.74) is 0. The molecule has 0 aliphatic heterocycles. The molecule has 0 rings (SSSR count). The molecular weight excluding hydrogens is 295 g/mol. The first-order chi connectivity index (χ1) is 10.5. The number of carbonyl (C=O) groups excluding carboxylic acids is 1. The van der Waals surface area contributed by atoms with Crippen molar-refractivity contribution in [2.75, 3.05) is 31.8 Å². The molecule has 0 N–H and O–H groups in total. The average Bonchev–Trinajstić information content (AvgIpc) is 2.54. The highest BCUT2D eigenvalue weighted by Crippen LogP contribution is 2.61. The number of carboxylic acid groups (broad SMARTS) is 1. The molecule has 0 heterocycles. The quantitative estimate of drug-likeness (QED) is 0.365. The van der Waals surface area contributed by atoms with E-state index in [9.17, 15) is 0 Å². The van der Waals surface area contributed by atoms with Gasteiger partial charge in [-0.05, 0) is 25.7 Å². The molecule has 0 saturated carbocycles. The topological polar surface area (TPSA) is 49.4 Å². The number of rotatable bonds is 12. The minimum atomic E-state index is -1.50. The van der Waals surface area contributed by atoms with Crippen LogP contribution in [0.1, 0.15) is 79.1 Å². The van der Waals surface area contributed by atoms with E-state index in [2.05, 4.69) is 32.4 Å². The summed E-state index contributed by atoms with van der Waals surface area (Å²) in [6.07, 6.45) is 16.5. The molecule has 22 heavy (non-hydrogen) atoms. The van der Waals surface area contributed by atoms with E-state index < -0.39 is 13.4 Å². The number of ether oxygens (including phenoxy) is 1. The largest absolute Gasteiger partial charge is 0.553 e. The lowest BCUT2D eigenvalue weighted by Gasteiger charge is -2.28. The maximum atomic E-state index is 9.03. The number of hydrogen-bond acceptors (Lipinski definition) is 3. The molecule has 0 aliphatic carbocycles. The van der Waals surface area contributed by atoms with Crippen molar-refractivity contribution in [3.05, 3.63) is 0 Å². The predicted octanol–water partition coefficient (Wildman–Crippen LogP) is 5.18. The van der Waals surface area contributed by atoms with Gasteiger partial charge in [-0.2, -0.15) is 0 Å². The highest BCUT2D eigenvalue weighted by atomic mass is 31.2. The van der Waals surface area contributed by atoms with Crippen LogP contribution in [-0.4, -0.2) is 37.9 Å². The van der Waals surface area contributed by atoms with E-state index in [1.165, 1.54) is 51.4 Å². The summed E-state index contributed by atoms with van der Waals surface area (Å²) < 4.78 is 3.56. The van der Waals surface area contributed by atoms with Gasteiger partial charge in [0.2, 0.25) is 0 Å². The lowest BCUT2D eigenvalue weighted by molar-refractivity contribution is -0.279. The first kappa shape index (κ1) is 24.0. The van der Waals surface area contributed by atoms with Crippen molar-refractivity contribution in [3.8, 4) is 0 Å². The van der Waals surface area contributed by atoms with Gasteiger partial charge in [-0.25, -0.2) is 0 Å². The second-order valence-electron chi connectivity index (χ2n) is 6.10. The van der Waals surface area contributed by atoms with Gasteiger partial charge >= 0.3 is 0 Å². The van der Waals surface area contributed by atoms with Crippen LogP contribution in [0.25, 0.3) is 0 Å². The number of hydrogen-bond donors (Lipinski definition) is 0. The van der Waals surface area contributed by atoms with Crippen LogP contribution in [0.5, 0.6) is 0 Å². The predicted molar refractivity (Wildman–Crippen MR) is 98.4 cm³/mol. The number of unbranched alkanes of at least 4 members (excludes halogenated alkanes) is 4. The molecule has 134 valence electrons. The summed E-state index contributed by atoms with van der Waals surface area (Å²) in [7, 11) is 0.475. The maximum absolute atomic E-state index is 9.03. The third-order valence-electron chi connectivity index (χ3n) is 4.11. The van der Waals surface area contributed by atoms with Gasteiger partial charge in [-0.15, -0.1) is 0 Å². The zero-order valence-electron chi connectivity index (χ0n) is 15.7. The molecule has 0 spiro atoms. The van der Waals surface area contributed by atoms with Crippen LogP contribution in [0.15, 0.2) is 0 Å². The smallest absolute Gasteiger partial charge is 0.251 e. The molecule has 0 atom stereocenters. The fourth-order valence-corrected chi connectivity index (χ4v) is 7.93. The molecule has 0 aliphatic rings. The summed E-state index contributed by atoms with van der Waals surface area (Å²) in [5, 5.41) is 9.03. The fraction of sp³-hybridized carbons (Fsp3) is 0.944. The Kier molecular flexibility index (Phi) is 18.6. The molecule has 3 nitrogen and oxygen atoms in total. The van der Waals surface area contributed by atoms with Crippen molar-refractivity contribution >= 4 is 13.4 Å². The Morgan fingerprint density at radius 3 is 1.14 bits per heavy atom. The molecule has 4 heteroatoms. The first-order valence-corrected chi connectivity index (χ1v) is 11.6. The van der Waals surface area contributed by atoms with Gasteiger partial charge in [-0.3, -0.25) is 0 Å². The Balaban J connectivity index is 0. The number of carbonyl (C=O) groups is 1. The van der Waals surface area contributed by atoms with Crippen molar-refractivity contribution in [3.63, 3.8) is 0 Å². The van der Waals surface area contributed by atoms with Crippen molar-refractivity contribution in [1.29, 1.82) is 0 Å². The van der Waals surface area contributed by atoms with Crippen molar-refractivity contribution < 1.29 is 14.6 Å². The highest BCUT2D eigenvalue weighted by molar-refractivity contribution is 7.75. The zero-order chi connectivity index (χ0) is 17.3. The summed E-state index contributed by atoms with van der Waals surface area (Å²) in [4.78, 5) is 9.03. The van der Waals surface area contributed by atoms with E-state index in [1.807, 2.05) is 0 Å². The first-order valence-electron chi connectivity index (χ1n) is 9.11. The monoisotopic (exact) mass is 334 g/mol. The molecule has 0 radical (unpaired) electrons. The van der Waals surface area contributed by atoms with Gasteiger partial charge in [0.1, 0.15) is 0 Å².